The van der Waals surface area contributed by atoms with Crippen molar-refractivity contribution in [3.05, 3.63) is 35.8 Å². The third-order valence-electron chi connectivity index (χ3n) is 6.06. The highest BCUT2D eigenvalue weighted by Gasteiger charge is 2.32. The molecule has 4 heterocycles. The van der Waals surface area contributed by atoms with Crippen LogP contribution in [0, 0.1) is 11.3 Å². The largest absolute Gasteiger partial charge is 0.378 e. The van der Waals surface area contributed by atoms with Gasteiger partial charge in [-0.1, -0.05) is 0 Å². The molecule has 5 rings (SSSR count). The van der Waals surface area contributed by atoms with Crippen molar-refractivity contribution in [3.8, 4) is 6.07 Å². The summed E-state index contributed by atoms with van der Waals surface area (Å²) in [4.78, 5) is 9.34. The van der Waals surface area contributed by atoms with Gasteiger partial charge in [-0.05, 0) is 44.4 Å². The second-order valence-corrected chi connectivity index (χ2v) is 10.2. The van der Waals surface area contributed by atoms with Crippen LogP contribution in [0.5, 0.6) is 0 Å². The average molecular weight is 426 g/mol. The molecule has 0 radical (unpaired) electrons. The number of benzene rings is 1. The SMILES string of the molecule is C[C@@H]1CC(n2c(CN3CCCS3(=O)=O)nc3cnc4ccc(C#N)cc4c32)CCO1. The lowest BCUT2D eigenvalue weighted by atomic mass is 10.0. The van der Waals surface area contributed by atoms with Gasteiger partial charge < -0.3 is 9.30 Å². The zero-order valence-electron chi connectivity index (χ0n) is 16.8. The zero-order valence-corrected chi connectivity index (χ0v) is 17.6. The Kier molecular flexibility index (Phi) is 4.73. The number of rotatable bonds is 3. The Bertz CT molecular complexity index is 1280. The molecule has 1 unspecified atom stereocenters. The second kappa shape index (κ2) is 7.30. The van der Waals surface area contributed by atoms with Crippen molar-refractivity contribution in [1.82, 2.24) is 18.8 Å². The minimum Gasteiger partial charge on any atom is -0.378 e. The Morgan fingerprint density at radius 2 is 2.20 bits per heavy atom. The van der Waals surface area contributed by atoms with E-state index in [9.17, 15) is 13.7 Å². The Morgan fingerprint density at radius 3 is 2.93 bits per heavy atom. The summed E-state index contributed by atoms with van der Waals surface area (Å²) in [7, 11) is -3.24. The van der Waals surface area contributed by atoms with Gasteiger partial charge in [0, 0.05) is 24.6 Å². The Labute approximate surface area is 175 Å². The van der Waals surface area contributed by atoms with E-state index >= 15 is 0 Å². The maximum absolute atomic E-state index is 12.4. The number of fused-ring (bicyclic) bond motifs is 3. The van der Waals surface area contributed by atoms with Crippen LogP contribution in [0.4, 0.5) is 0 Å². The van der Waals surface area contributed by atoms with Gasteiger partial charge in [-0.3, -0.25) is 4.98 Å². The molecule has 156 valence electrons. The standard InChI is InChI=1S/C21H23N5O3S/c1-14-9-16(5-7-29-14)26-20(13-25-6-2-8-30(25,27)28)24-19-12-23-18-4-3-15(11-22)10-17(18)21(19)26/h3-4,10,12,14,16H,2,5-9,13H2,1H3/t14-,16?/m1/s1. The van der Waals surface area contributed by atoms with Crippen LogP contribution < -0.4 is 0 Å². The topological polar surface area (TPSA) is 101 Å². The maximum atomic E-state index is 12.4. The molecule has 0 N–H and O–H groups in total. The van der Waals surface area contributed by atoms with Gasteiger partial charge in [0.2, 0.25) is 10.0 Å². The highest BCUT2D eigenvalue weighted by molar-refractivity contribution is 7.89. The molecule has 2 saturated heterocycles. The Balaban J connectivity index is 1.73. The fraction of sp³-hybridized carbons (Fsp3) is 0.476. The van der Waals surface area contributed by atoms with E-state index < -0.39 is 10.0 Å². The summed E-state index contributed by atoms with van der Waals surface area (Å²) in [6.07, 6.45) is 4.16. The number of sulfonamides is 1. The Hall–Kier alpha value is -2.54. The van der Waals surface area contributed by atoms with Gasteiger partial charge in [-0.25, -0.2) is 13.4 Å². The lowest BCUT2D eigenvalue weighted by Crippen LogP contribution is -2.30. The van der Waals surface area contributed by atoms with Crippen LogP contribution in [0.1, 0.15) is 43.6 Å². The fourth-order valence-corrected chi connectivity index (χ4v) is 6.11. The third kappa shape index (κ3) is 3.25. The van der Waals surface area contributed by atoms with Gasteiger partial charge in [-0.2, -0.15) is 9.57 Å². The molecule has 0 amide bonds. The van der Waals surface area contributed by atoms with E-state index in [1.165, 1.54) is 4.31 Å². The number of nitriles is 1. The van der Waals surface area contributed by atoms with E-state index in [1.807, 2.05) is 12.1 Å². The number of hydrogen-bond donors (Lipinski definition) is 0. The minimum atomic E-state index is -3.24. The van der Waals surface area contributed by atoms with Crippen molar-refractivity contribution in [1.29, 1.82) is 5.26 Å². The van der Waals surface area contributed by atoms with Gasteiger partial charge in [0.25, 0.3) is 0 Å². The van der Waals surface area contributed by atoms with Crippen molar-refractivity contribution in [2.75, 3.05) is 18.9 Å². The Morgan fingerprint density at radius 1 is 1.33 bits per heavy atom. The summed E-state index contributed by atoms with van der Waals surface area (Å²) in [6, 6.07) is 7.81. The van der Waals surface area contributed by atoms with Crippen molar-refractivity contribution in [2.45, 2.75) is 44.9 Å². The van der Waals surface area contributed by atoms with E-state index in [4.69, 9.17) is 9.72 Å². The predicted octanol–water partition coefficient (Wildman–Crippen LogP) is 2.73. The first kappa shape index (κ1) is 19.4. The van der Waals surface area contributed by atoms with E-state index in [1.54, 1.807) is 12.3 Å². The first-order chi connectivity index (χ1) is 14.5. The molecular weight excluding hydrogens is 402 g/mol. The summed E-state index contributed by atoms with van der Waals surface area (Å²) in [5, 5.41) is 10.3. The van der Waals surface area contributed by atoms with Gasteiger partial charge >= 0.3 is 0 Å². The molecule has 30 heavy (non-hydrogen) atoms. The molecule has 9 heteroatoms. The monoisotopic (exact) mass is 425 g/mol. The molecular formula is C21H23N5O3S. The molecule has 0 bridgehead atoms. The van der Waals surface area contributed by atoms with Crippen molar-refractivity contribution < 1.29 is 13.2 Å². The molecule has 0 saturated carbocycles. The predicted molar refractivity (Wildman–Crippen MR) is 112 cm³/mol. The number of aromatic nitrogens is 3. The highest BCUT2D eigenvalue weighted by atomic mass is 32.2. The molecule has 0 aliphatic carbocycles. The highest BCUT2D eigenvalue weighted by Crippen LogP contribution is 2.34. The van der Waals surface area contributed by atoms with Crippen LogP contribution in [0.3, 0.4) is 0 Å². The summed E-state index contributed by atoms with van der Waals surface area (Å²) in [5.41, 5.74) is 3.00. The number of ether oxygens (including phenoxy) is 1. The summed E-state index contributed by atoms with van der Waals surface area (Å²) >= 11 is 0. The van der Waals surface area contributed by atoms with E-state index in [-0.39, 0.29) is 24.4 Å². The second-order valence-electron chi connectivity index (χ2n) is 8.10. The fourth-order valence-electron chi connectivity index (χ4n) is 4.63. The van der Waals surface area contributed by atoms with Gasteiger partial charge in [0.1, 0.15) is 11.3 Å². The van der Waals surface area contributed by atoms with Crippen LogP contribution in [-0.4, -0.2) is 52.3 Å². The van der Waals surface area contributed by atoms with Crippen LogP contribution in [0.25, 0.3) is 21.9 Å². The summed E-state index contributed by atoms with van der Waals surface area (Å²) in [5.74, 6) is 0.920. The molecule has 2 fully saturated rings. The van der Waals surface area contributed by atoms with E-state index in [0.717, 1.165) is 40.6 Å². The van der Waals surface area contributed by atoms with Crippen molar-refractivity contribution in [3.63, 3.8) is 0 Å². The van der Waals surface area contributed by atoms with Crippen molar-refractivity contribution in [2.24, 2.45) is 0 Å². The average Bonchev–Trinajstić information content (AvgIpc) is 3.27. The minimum absolute atomic E-state index is 0.118. The number of pyridine rings is 1. The molecule has 2 atom stereocenters. The quantitative estimate of drug-likeness (QED) is 0.639. The first-order valence-electron chi connectivity index (χ1n) is 10.3. The van der Waals surface area contributed by atoms with Crippen LogP contribution in [0.2, 0.25) is 0 Å². The molecule has 0 spiro atoms. The van der Waals surface area contributed by atoms with Gasteiger partial charge in [0.05, 0.1) is 47.3 Å². The van der Waals surface area contributed by atoms with Crippen LogP contribution in [0.15, 0.2) is 24.4 Å². The number of nitrogens with zero attached hydrogens (tertiary/aromatic N) is 5. The van der Waals surface area contributed by atoms with Gasteiger partial charge in [0.15, 0.2) is 0 Å². The molecule has 2 aliphatic rings. The number of imidazole rings is 1. The van der Waals surface area contributed by atoms with Crippen LogP contribution in [-0.2, 0) is 21.3 Å². The molecule has 3 aromatic rings. The van der Waals surface area contributed by atoms with E-state index in [0.29, 0.717) is 25.1 Å². The molecule has 8 nitrogen and oxygen atoms in total. The first-order valence-corrected chi connectivity index (χ1v) is 11.9. The lowest BCUT2D eigenvalue weighted by Gasteiger charge is -2.30. The third-order valence-corrected chi connectivity index (χ3v) is 7.96. The maximum Gasteiger partial charge on any atom is 0.214 e. The molecule has 1 aromatic carbocycles. The normalized spacial score (nSPS) is 24.4. The van der Waals surface area contributed by atoms with Gasteiger partial charge in [-0.15, -0.1) is 0 Å². The smallest absolute Gasteiger partial charge is 0.214 e. The van der Waals surface area contributed by atoms with Crippen LogP contribution >= 0.6 is 0 Å². The lowest BCUT2D eigenvalue weighted by molar-refractivity contribution is 0.00607. The molecule has 2 aliphatic heterocycles. The zero-order chi connectivity index (χ0) is 20.9. The van der Waals surface area contributed by atoms with E-state index in [2.05, 4.69) is 22.5 Å². The summed E-state index contributed by atoms with van der Waals surface area (Å²) in [6.45, 7) is 3.48. The summed E-state index contributed by atoms with van der Waals surface area (Å²) < 4.78 is 34.3. The number of hydrogen-bond acceptors (Lipinski definition) is 6. The van der Waals surface area contributed by atoms with Crippen molar-refractivity contribution >= 4 is 32.0 Å². The molecule has 2 aromatic heterocycles.